The molecule has 1 saturated heterocycles. The van der Waals surface area contributed by atoms with E-state index in [0.717, 1.165) is 22.7 Å². The topological polar surface area (TPSA) is 102 Å². The molecule has 2 amide bonds. The molecule has 0 radical (unpaired) electrons. The Kier molecular flexibility index (Phi) is 6.51. The lowest BCUT2D eigenvalue weighted by atomic mass is 9.75. The molecule has 8 nitrogen and oxygen atoms in total. The maximum Gasteiger partial charge on any atom is 0.419 e. The molecule has 198 valence electrons. The molecule has 3 heterocycles. The summed E-state index contributed by atoms with van der Waals surface area (Å²) >= 11 is 5.52. The van der Waals surface area contributed by atoms with Crippen LogP contribution in [0.5, 0.6) is 0 Å². The van der Waals surface area contributed by atoms with Gasteiger partial charge in [0.1, 0.15) is 17.4 Å². The van der Waals surface area contributed by atoms with Gasteiger partial charge in [-0.1, -0.05) is 0 Å². The number of aromatic nitrogens is 2. The number of carbonyl (C=O) groups is 2. The number of pyridine rings is 2. The Morgan fingerprint density at radius 1 is 1.15 bits per heavy atom. The van der Waals surface area contributed by atoms with Crippen LogP contribution in [-0.2, 0) is 17.5 Å². The van der Waals surface area contributed by atoms with Crippen molar-refractivity contribution >= 4 is 40.5 Å². The number of thiocarbonyl (C=S) groups is 1. The highest BCUT2D eigenvalue weighted by Gasteiger charge is 2.60. The van der Waals surface area contributed by atoms with Crippen molar-refractivity contribution in [1.82, 2.24) is 15.3 Å². The number of nitrogens with one attached hydrogen (secondary N) is 1. The number of anilines is 2. The van der Waals surface area contributed by atoms with E-state index in [1.165, 1.54) is 23.1 Å². The number of halogens is 4. The van der Waals surface area contributed by atoms with Crippen molar-refractivity contribution in [3.8, 4) is 6.07 Å². The van der Waals surface area contributed by atoms with Crippen LogP contribution in [0.2, 0.25) is 0 Å². The molecule has 0 unspecified atom stereocenters. The summed E-state index contributed by atoms with van der Waals surface area (Å²) in [6.07, 6.45) is 0.551. The largest absolute Gasteiger partial charge is 0.419 e. The van der Waals surface area contributed by atoms with Crippen LogP contribution in [0.1, 0.15) is 46.4 Å². The van der Waals surface area contributed by atoms with Gasteiger partial charge in [0.05, 0.1) is 23.0 Å². The summed E-state index contributed by atoms with van der Waals surface area (Å²) in [5, 5.41) is 11.5. The van der Waals surface area contributed by atoms with Crippen LogP contribution in [0.15, 0.2) is 55.0 Å². The number of amides is 2. The van der Waals surface area contributed by atoms with E-state index in [1.807, 2.05) is 0 Å². The van der Waals surface area contributed by atoms with Crippen LogP contribution < -0.4 is 15.1 Å². The van der Waals surface area contributed by atoms with Gasteiger partial charge < -0.3 is 10.2 Å². The van der Waals surface area contributed by atoms with Gasteiger partial charge in [-0.3, -0.25) is 19.5 Å². The SMILES string of the molecule is N#Cc1ncc(N2C(=O)C3(CCC3)N(c3ccc(C(=O)NCc4ccncc4)c(F)c3)C2=S)cc1C(F)(F)F. The number of benzene rings is 1. The van der Waals surface area contributed by atoms with Gasteiger partial charge in [0.25, 0.3) is 11.8 Å². The third-order valence-corrected chi connectivity index (χ3v) is 7.16. The second-order valence-electron chi connectivity index (χ2n) is 9.05. The molecule has 2 aromatic heterocycles. The first kappa shape index (κ1) is 26.2. The van der Waals surface area contributed by atoms with Crippen LogP contribution in [-0.4, -0.2) is 32.4 Å². The summed E-state index contributed by atoms with van der Waals surface area (Å²) in [5.41, 5.74) is -2.87. The minimum Gasteiger partial charge on any atom is -0.348 e. The zero-order chi connectivity index (χ0) is 27.9. The molecule has 1 aliphatic heterocycles. The average Bonchev–Trinajstić information content (AvgIpc) is 3.13. The molecule has 13 heteroatoms. The van der Waals surface area contributed by atoms with E-state index in [1.54, 1.807) is 24.5 Å². The second kappa shape index (κ2) is 9.70. The molecule has 5 rings (SSSR count). The van der Waals surface area contributed by atoms with Crippen LogP contribution >= 0.6 is 12.2 Å². The van der Waals surface area contributed by atoms with E-state index in [0.29, 0.717) is 25.3 Å². The number of carbonyl (C=O) groups excluding carboxylic acids is 2. The highest BCUT2D eigenvalue weighted by atomic mass is 32.1. The monoisotopic (exact) mass is 554 g/mol. The quantitative estimate of drug-likeness (QED) is 0.366. The Labute approximate surface area is 224 Å². The van der Waals surface area contributed by atoms with Crippen molar-refractivity contribution in [2.24, 2.45) is 0 Å². The van der Waals surface area contributed by atoms with Gasteiger partial charge in [0, 0.05) is 24.6 Å². The summed E-state index contributed by atoms with van der Waals surface area (Å²) in [7, 11) is 0. The first-order valence-electron chi connectivity index (χ1n) is 11.7. The Balaban J connectivity index is 1.46. The van der Waals surface area contributed by atoms with Crippen molar-refractivity contribution in [3.63, 3.8) is 0 Å². The average molecular weight is 555 g/mol. The fourth-order valence-corrected chi connectivity index (χ4v) is 5.16. The fourth-order valence-electron chi connectivity index (χ4n) is 4.69. The standard InChI is InChI=1S/C26H18F4N6O2S/c27-20-11-16(2-3-18(20)22(37)34-13-15-4-8-32-9-5-15)36-24(39)35(23(38)25(36)6-1-7-25)17-10-19(26(28,29)30)21(12-31)33-14-17/h2-5,8-11,14H,1,6-7,13H2,(H,34,37). The normalized spacial score (nSPS) is 16.3. The maximum absolute atomic E-state index is 15.2. The number of nitriles is 1. The minimum absolute atomic E-state index is 0.157. The molecule has 1 aliphatic carbocycles. The molecule has 2 aliphatic rings. The van der Waals surface area contributed by atoms with E-state index in [4.69, 9.17) is 17.5 Å². The summed E-state index contributed by atoms with van der Waals surface area (Å²) in [5.74, 6) is -2.08. The molecule has 1 spiro atoms. The third kappa shape index (κ3) is 4.46. The summed E-state index contributed by atoms with van der Waals surface area (Å²) in [6.45, 7) is 0.157. The first-order valence-corrected chi connectivity index (χ1v) is 12.1. The van der Waals surface area contributed by atoms with E-state index in [-0.39, 0.29) is 28.6 Å². The number of hydrogen-bond acceptors (Lipinski definition) is 6. The number of alkyl halides is 3. The van der Waals surface area contributed by atoms with Gasteiger partial charge in [-0.2, -0.15) is 18.4 Å². The Hall–Kier alpha value is -4.44. The van der Waals surface area contributed by atoms with Crippen molar-refractivity contribution < 1.29 is 27.2 Å². The van der Waals surface area contributed by atoms with Gasteiger partial charge in [0.2, 0.25) is 0 Å². The molecule has 2 fully saturated rings. The second-order valence-corrected chi connectivity index (χ2v) is 9.41. The Bertz CT molecular complexity index is 1540. The van der Waals surface area contributed by atoms with E-state index < -0.39 is 40.6 Å². The zero-order valence-corrected chi connectivity index (χ0v) is 20.8. The van der Waals surface area contributed by atoms with Crippen LogP contribution in [0.4, 0.5) is 28.9 Å². The predicted octanol–water partition coefficient (Wildman–Crippen LogP) is 4.50. The van der Waals surface area contributed by atoms with Gasteiger partial charge in [0.15, 0.2) is 10.8 Å². The van der Waals surface area contributed by atoms with Gasteiger partial charge in [-0.25, -0.2) is 9.37 Å². The molecule has 0 atom stereocenters. The molecule has 0 bridgehead atoms. The minimum atomic E-state index is -4.89. The lowest BCUT2D eigenvalue weighted by Crippen LogP contribution is -2.55. The summed E-state index contributed by atoms with van der Waals surface area (Å²) < 4.78 is 55.8. The molecule has 1 saturated carbocycles. The molecule has 39 heavy (non-hydrogen) atoms. The van der Waals surface area contributed by atoms with Crippen LogP contribution in [0, 0.1) is 17.1 Å². The fraction of sp³-hybridized carbons (Fsp3) is 0.231. The highest BCUT2D eigenvalue weighted by molar-refractivity contribution is 7.81. The van der Waals surface area contributed by atoms with Crippen molar-refractivity contribution in [3.05, 3.63) is 83.2 Å². The summed E-state index contributed by atoms with van der Waals surface area (Å²) in [4.78, 5) is 36.0. The predicted molar refractivity (Wildman–Crippen MR) is 135 cm³/mol. The number of hydrogen-bond donors (Lipinski definition) is 1. The molecule has 3 aromatic rings. The Morgan fingerprint density at radius 2 is 1.87 bits per heavy atom. The van der Waals surface area contributed by atoms with E-state index in [9.17, 15) is 22.8 Å². The smallest absolute Gasteiger partial charge is 0.348 e. The lowest BCUT2D eigenvalue weighted by Gasteiger charge is -2.43. The number of rotatable bonds is 5. The Morgan fingerprint density at radius 3 is 2.46 bits per heavy atom. The van der Waals surface area contributed by atoms with Gasteiger partial charge in [-0.05, 0) is 73.4 Å². The van der Waals surface area contributed by atoms with Gasteiger partial charge in [-0.15, -0.1) is 0 Å². The molecule has 1 aromatic carbocycles. The van der Waals surface area contributed by atoms with Crippen molar-refractivity contribution in [1.29, 1.82) is 5.26 Å². The number of nitrogens with zero attached hydrogens (tertiary/aromatic N) is 5. The first-order chi connectivity index (χ1) is 18.6. The van der Waals surface area contributed by atoms with E-state index >= 15 is 4.39 Å². The van der Waals surface area contributed by atoms with E-state index in [2.05, 4.69) is 15.3 Å². The zero-order valence-electron chi connectivity index (χ0n) is 20.0. The summed E-state index contributed by atoms with van der Waals surface area (Å²) in [6, 6.07) is 9.24. The van der Waals surface area contributed by atoms with Crippen molar-refractivity contribution in [2.45, 2.75) is 37.5 Å². The van der Waals surface area contributed by atoms with Crippen LogP contribution in [0.25, 0.3) is 0 Å². The third-order valence-electron chi connectivity index (χ3n) is 6.79. The molecule has 1 N–H and O–H groups in total. The molecular formula is C26H18F4N6O2S. The highest BCUT2D eigenvalue weighted by Crippen LogP contribution is 2.48. The molecular weight excluding hydrogens is 536 g/mol. The van der Waals surface area contributed by atoms with Gasteiger partial charge >= 0.3 is 6.18 Å². The maximum atomic E-state index is 15.2. The van der Waals surface area contributed by atoms with Crippen molar-refractivity contribution in [2.75, 3.05) is 9.80 Å². The lowest BCUT2D eigenvalue weighted by molar-refractivity contribution is -0.138. The van der Waals surface area contributed by atoms with Crippen LogP contribution in [0.3, 0.4) is 0 Å².